The van der Waals surface area contributed by atoms with Gasteiger partial charge in [0.25, 0.3) is 0 Å². The third kappa shape index (κ3) is 2.69. The molecule has 0 radical (unpaired) electrons. The normalized spacial score (nSPS) is 37.6. The van der Waals surface area contributed by atoms with Gasteiger partial charge in [0, 0.05) is 10.9 Å². The van der Waals surface area contributed by atoms with Gasteiger partial charge in [0.05, 0.1) is 0 Å². The summed E-state index contributed by atoms with van der Waals surface area (Å²) >= 11 is 3.72. The van der Waals surface area contributed by atoms with E-state index >= 15 is 0 Å². The number of alkyl halides is 1. The van der Waals surface area contributed by atoms with Crippen LogP contribution in [-0.4, -0.2) is 28.9 Å². The van der Waals surface area contributed by atoms with Crippen LogP contribution in [0, 0.1) is 0 Å². The minimum Gasteiger partial charge on any atom is -0.300 e. The van der Waals surface area contributed by atoms with Crippen molar-refractivity contribution in [3.63, 3.8) is 0 Å². The molecule has 1 aliphatic carbocycles. The van der Waals surface area contributed by atoms with Gasteiger partial charge in [-0.2, -0.15) is 0 Å². The fraction of sp³-hybridized carbons (Fsp3) is 1.00. The van der Waals surface area contributed by atoms with Crippen molar-refractivity contribution in [2.75, 3.05) is 13.1 Å². The molecule has 0 atom stereocenters. The number of hydrogen-bond acceptors (Lipinski definition) is 1. The Morgan fingerprint density at radius 1 is 0.846 bits per heavy atom. The molecule has 2 aliphatic rings. The standard InChI is InChI=1S/C11H20BrN/c12-10-4-6-11(7-5-10)13-8-2-1-3-9-13/h10-11H,1-9H2. The van der Waals surface area contributed by atoms with Gasteiger partial charge in [-0.15, -0.1) is 0 Å². The van der Waals surface area contributed by atoms with Crippen molar-refractivity contribution < 1.29 is 0 Å². The molecular weight excluding hydrogens is 226 g/mol. The van der Waals surface area contributed by atoms with E-state index in [0.29, 0.717) is 0 Å². The second kappa shape index (κ2) is 4.79. The Morgan fingerprint density at radius 2 is 1.46 bits per heavy atom. The van der Waals surface area contributed by atoms with Crippen LogP contribution in [0.2, 0.25) is 0 Å². The van der Waals surface area contributed by atoms with Crippen LogP contribution in [-0.2, 0) is 0 Å². The van der Waals surface area contributed by atoms with Gasteiger partial charge in [0.2, 0.25) is 0 Å². The number of likely N-dealkylation sites (tertiary alicyclic amines) is 1. The van der Waals surface area contributed by atoms with Crippen molar-refractivity contribution in [3.8, 4) is 0 Å². The Kier molecular flexibility index (Phi) is 3.67. The van der Waals surface area contributed by atoms with Crippen LogP contribution >= 0.6 is 15.9 Å². The maximum absolute atomic E-state index is 3.72. The maximum atomic E-state index is 3.72. The predicted molar refractivity (Wildman–Crippen MR) is 60.4 cm³/mol. The first-order chi connectivity index (χ1) is 6.36. The molecule has 13 heavy (non-hydrogen) atoms. The lowest BCUT2D eigenvalue weighted by Gasteiger charge is -2.37. The highest BCUT2D eigenvalue weighted by atomic mass is 79.9. The first-order valence-electron chi connectivity index (χ1n) is 5.74. The first kappa shape index (κ1) is 9.97. The highest BCUT2D eigenvalue weighted by Gasteiger charge is 2.25. The van der Waals surface area contributed by atoms with Crippen molar-refractivity contribution in [3.05, 3.63) is 0 Å². The largest absolute Gasteiger partial charge is 0.300 e. The van der Waals surface area contributed by atoms with E-state index in [1.54, 1.807) is 0 Å². The molecule has 0 amide bonds. The third-order valence-electron chi connectivity index (χ3n) is 3.53. The number of nitrogens with zero attached hydrogens (tertiary/aromatic N) is 1. The summed E-state index contributed by atoms with van der Waals surface area (Å²) in [5.74, 6) is 0. The summed E-state index contributed by atoms with van der Waals surface area (Å²) in [5.41, 5.74) is 0. The van der Waals surface area contributed by atoms with E-state index in [2.05, 4.69) is 20.8 Å². The zero-order valence-electron chi connectivity index (χ0n) is 8.34. The number of halogens is 1. The lowest BCUT2D eigenvalue weighted by molar-refractivity contribution is 0.132. The van der Waals surface area contributed by atoms with Crippen molar-refractivity contribution in [2.45, 2.75) is 55.8 Å². The summed E-state index contributed by atoms with van der Waals surface area (Å²) in [6.45, 7) is 2.75. The van der Waals surface area contributed by atoms with Gasteiger partial charge in [0.15, 0.2) is 0 Å². The third-order valence-corrected chi connectivity index (χ3v) is 4.45. The topological polar surface area (TPSA) is 3.24 Å². The van der Waals surface area contributed by atoms with Gasteiger partial charge < -0.3 is 4.90 Å². The van der Waals surface area contributed by atoms with Crippen LogP contribution in [0.3, 0.4) is 0 Å². The van der Waals surface area contributed by atoms with Crippen LogP contribution in [0.5, 0.6) is 0 Å². The molecule has 0 spiro atoms. The number of rotatable bonds is 1. The molecule has 1 saturated heterocycles. The molecule has 0 aromatic heterocycles. The van der Waals surface area contributed by atoms with Gasteiger partial charge in [-0.3, -0.25) is 0 Å². The van der Waals surface area contributed by atoms with Gasteiger partial charge in [-0.1, -0.05) is 22.4 Å². The predicted octanol–water partition coefficient (Wildman–Crippen LogP) is 3.18. The summed E-state index contributed by atoms with van der Waals surface area (Å²) in [6.07, 6.45) is 9.97. The second-order valence-electron chi connectivity index (χ2n) is 4.50. The Hall–Kier alpha value is 0.440. The minimum absolute atomic E-state index is 0.813. The summed E-state index contributed by atoms with van der Waals surface area (Å²) in [7, 11) is 0. The van der Waals surface area contributed by atoms with E-state index in [-0.39, 0.29) is 0 Å². The minimum atomic E-state index is 0.813. The summed E-state index contributed by atoms with van der Waals surface area (Å²) < 4.78 is 0. The summed E-state index contributed by atoms with van der Waals surface area (Å²) in [6, 6.07) is 0.925. The quantitative estimate of drug-likeness (QED) is 0.642. The average molecular weight is 246 g/mol. The number of hydrogen-bond donors (Lipinski definition) is 0. The Bertz CT molecular complexity index is 146. The van der Waals surface area contributed by atoms with Gasteiger partial charge >= 0.3 is 0 Å². The van der Waals surface area contributed by atoms with Gasteiger partial charge in [-0.25, -0.2) is 0 Å². The van der Waals surface area contributed by atoms with E-state index in [1.807, 2.05) is 0 Å². The molecule has 1 aliphatic heterocycles. The maximum Gasteiger partial charge on any atom is 0.0147 e. The van der Waals surface area contributed by atoms with Crippen molar-refractivity contribution in [1.29, 1.82) is 0 Å². The monoisotopic (exact) mass is 245 g/mol. The highest BCUT2D eigenvalue weighted by molar-refractivity contribution is 9.09. The molecule has 0 bridgehead atoms. The average Bonchev–Trinajstić information content (AvgIpc) is 2.20. The molecule has 0 unspecified atom stereocenters. The SMILES string of the molecule is BrC1CCC(N2CCCCC2)CC1. The van der Waals surface area contributed by atoms with Gasteiger partial charge in [-0.05, 0) is 51.6 Å². The summed E-state index contributed by atoms with van der Waals surface area (Å²) in [5, 5.41) is 0. The molecule has 1 nitrogen and oxygen atoms in total. The van der Waals surface area contributed by atoms with Crippen LogP contribution < -0.4 is 0 Å². The Morgan fingerprint density at radius 3 is 2.08 bits per heavy atom. The fourth-order valence-electron chi connectivity index (χ4n) is 2.68. The number of piperidine rings is 1. The van der Waals surface area contributed by atoms with Crippen molar-refractivity contribution in [2.24, 2.45) is 0 Å². The molecule has 2 rings (SSSR count). The van der Waals surface area contributed by atoms with Crippen molar-refractivity contribution in [1.82, 2.24) is 4.90 Å². The Labute approximate surface area is 90.0 Å². The summed E-state index contributed by atoms with van der Waals surface area (Å²) in [4.78, 5) is 3.55. The smallest absolute Gasteiger partial charge is 0.0147 e. The molecule has 1 saturated carbocycles. The zero-order valence-corrected chi connectivity index (χ0v) is 9.93. The second-order valence-corrected chi connectivity index (χ2v) is 5.80. The molecular formula is C11H20BrN. The molecule has 0 aromatic rings. The highest BCUT2D eigenvalue weighted by Crippen LogP contribution is 2.28. The van der Waals surface area contributed by atoms with Crippen molar-refractivity contribution >= 4 is 15.9 Å². The van der Waals surface area contributed by atoms with E-state index in [1.165, 1.54) is 58.0 Å². The lowest BCUT2D eigenvalue weighted by atomic mass is 9.93. The molecule has 0 N–H and O–H groups in total. The molecule has 1 heterocycles. The van der Waals surface area contributed by atoms with Crippen LogP contribution in [0.15, 0.2) is 0 Å². The van der Waals surface area contributed by atoms with Crippen LogP contribution in [0.4, 0.5) is 0 Å². The molecule has 76 valence electrons. The zero-order chi connectivity index (χ0) is 9.10. The van der Waals surface area contributed by atoms with Gasteiger partial charge in [0.1, 0.15) is 0 Å². The van der Waals surface area contributed by atoms with E-state index in [0.717, 1.165) is 10.9 Å². The first-order valence-corrected chi connectivity index (χ1v) is 6.66. The molecule has 2 heteroatoms. The van der Waals surface area contributed by atoms with E-state index < -0.39 is 0 Å². The van der Waals surface area contributed by atoms with Crippen LogP contribution in [0.1, 0.15) is 44.9 Å². The molecule has 2 fully saturated rings. The van der Waals surface area contributed by atoms with E-state index in [4.69, 9.17) is 0 Å². The Balaban J connectivity index is 1.79. The molecule has 0 aromatic carbocycles. The fourth-order valence-corrected chi connectivity index (χ4v) is 3.21. The lowest BCUT2D eigenvalue weighted by Crippen LogP contribution is -2.41. The van der Waals surface area contributed by atoms with Crippen LogP contribution in [0.25, 0.3) is 0 Å². The van der Waals surface area contributed by atoms with E-state index in [9.17, 15) is 0 Å².